The Morgan fingerprint density at radius 3 is 2.10 bits per heavy atom. The highest BCUT2D eigenvalue weighted by molar-refractivity contribution is 5.93. The van der Waals surface area contributed by atoms with E-state index in [0.29, 0.717) is 43.0 Å². The van der Waals surface area contributed by atoms with E-state index < -0.39 is 12.1 Å². The average Bonchev–Trinajstić information content (AvgIpc) is 2.72. The van der Waals surface area contributed by atoms with E-state index in [-0.39, 0.29) is 17.5 Å². The zero-order chi connectivity index (χ0) is 22.1. The summed E-state index contributed by atoms with van der Waals surface area (Å²) in [5.74, 6) is 0.812. The van der Waals surface area contributed by atoms with Crippen molar-refractivity contribution in [1.29, 1.82) is 0 Å². The van der Waals surface area contributed by atoms with Crippen LogP contribution in [0.15, 0.2) is 12.1 Å². The molecular weight excluding hydrogens is 386 g/mol. The molecule has 1 aromatic rings. The Bertz CT molecular complexity index is 693. The third-order valence-electron chi connectivity index (χ3n) is 5.24. The quantitative estimate of drug-likeness (QED) is 0.572. The Labute approximate surface area is 179 Å². The minimum atomic E-state index is -0.899. The lowest BCUT2D eigenvalue weighted by Gasteiger charge is -2.30. The summed E-state index contributed by atoms with van der Waals surface area (Å²) in [5, 5.41) is 3.03. The normalized spacial score (nSPS) is 19.5. The number of hydrogen-bond donors (Lipinski definition) is 1. The molecule has 7 nitrogen and oxygen atoms in total. The van der Waals surface area contributed by atoms with Crippen LogP contribution in [-0.4, -0.2) is 43.8 Å². The lowest BCUT2D eigenvalue weighted by Crippen LogP contribution is -2.46. The second-order valence-corrected chi connectivity index (χ2v) is 7.53. The molecule has 1 amide bonds. The van der Waals surface area contributed by atoms with Crippen molar-refractivity contribution in [3.63, 3.8) is 0 Å². The van der Waals surface area contributed by atoms with Crippen LogP contribution in [0.25, 0.3) is 0 Å². The lowest BCUT2D eigenvalue weighted by atomic mass is 9.86. The molecule has 0 heterocycles. The van der Waals surface area contributed by atoms with Gasteiger partial charge < -0.3 is 24.3 Å². The maximum absolute atomic E-state index is 12.7. The molecule has 1 saturated carbocycles. The molecular formula is C23H35NO6. The fourth-order valence-corrected chi connectivity index (χ4v) is 3.62. The maximum Gasteiger partial charge on any atom is 0.339 e. The molecule has 0 saturated heterocycles. The van der Waals surface area contributed by atoms with Crippen molar-refractivity contribution < 1.29 is 28.5 Å². The number of benzene rings is 1. The van der Waals surface area contributed by atoms with Crippen molar-refractivity contribution in [2.75, 3.05) is 19.8 Å². The van der Waals surface area contributed by atoms with Gasteiger partial charge in [0.05, 0.1) is 25.4 Å². The van der Waals surface area contributed by atoms with Gasteiger partial charge in [0.1, 0.15) is 0 Å². The van der Waals surface area contributed by atoms with Gasteiger partial charge in [0.25, 0.3) is 5.91 Å². The number of ether oxygens (including phenoxy) is 4. The molecule has 0 bridgehead atoms. The van der Waals surface area contributed by atoms with Crippen LogP contribution in [0.5, 0.6) is 17.2 Å². The topological polar surface area (TPSA) is 83.1 Å². The van der Waals surface area contributed by atoms with Crippen LogP contribution in [0.2, 0.25) is 0 Å². The first-order chi connectivity index (χ1) is 14.4. The fraction of sp³-hybridized carbons (Fsp3) is 0.652. The predicted octanol–water partition coefficient (Wildman–Crippen LogP) is 4.12. The van der Waals surface area contributed by atoms with Crippen LogP contribution in [0.4, 0.5) is 0 Å². The van der Waals surface area contributed by atoms with Crippen molar-refractivity contribution in [1.82, 2.24) is 5.32 Å². The van der Waals surface area contributed by atoms with E-state index in [1.807, 2.05) is 20.8 Å². The second kappa shape index (κ2) is 11.7. The van der Waals surface area contributed by atoms with Gasteiger partial charge in [-0.25, -0.2) is 4.79 Å². The number of rotatable bonds is 10. The van der Waals surface area contributed by atoms with E-state index in [2.05, 4.69) is 12.2 Å². The van der Waals surface area contributed by atoms with Crippen LogP contribution < -0.4 is 19.5 Å². The Kier molecular flexibility index (Phi) is 9.27. The van der Waals surface area contributed by atoms with Gasteiger partial charge in [-0.15, -0.1) is 0 Å². The fourth-order valence-electron chi connectivity index (χ4n) is 3.62. The van der Waals surface area contributed by atoms with Crippen molar-refractivity contribution in [3.05, 3.63) is 17.7 Å². The molecule has 168 valence electrons. The van der Waals surface area contributed by atoms with Crippen LogP contribution in [0, 0.1) is 5.92 Å². The molecule has 30 heavy (non-hydrogen) atoms. The molecule has 0 radical (unpaired) electrons. The van der Waals surface area contributed by atoms with E-state index >= 15 is 0 Å². The second-order valence-electron chi connectivity index (χ2n) is 7.53. The summed E-state index contributed by atoms with van der Waals surface area (Å²) in [6.45, 7) is 10.5. The summed E-state index contributed by atoms with van der Waals surface area (Å²) < 4.78 is 22.4. The molecule has 1 N–H and O–H groups in total. The van der Waals surface area contributed by atoms with E-state index in [0.717, 1.165) is 19.3 Å². The molecule has 3 atom stereocenters. The van der Waals surface area contributed by atoms with Gasteiger partial charge in [-0.05, 0) is 58.6 Å². The summed E-state index contributed by atoms with van der Waals surface area (Å²) in [5.41, 5.74) is 0.246. The number of esters is 1. The molecule has 0 aromatic heterocycles. The molecule has 1 fully saturated rings. The van der Waals surface area contributed by atoms with Gasteiger partial charge in [0.2, 0.25) is 5.75 Å². The van der Waals surface area contributed by atoms with Crippen molar-refractivity contribution in [2.45, 2.75) is 72.4 Å². The first kappa shape index (κ1) is 23.8. The van der Waals surface area contributed by atoms with Gasteiger partial charge in [0, 0.05) is 6.04 Å². The van der Waals surface area contributed by atoms with E-state index in [1.54, 1.807) is 19.1 Å². The Morgan fingerprint density at radius 2 is 1.57 bits per heavy atom. The first-order valence-corrected chi connectivity index (χ1v) is 11.0. The Hall–Kier alpha value is -2.44. The number of carbonyl (C=O) groups excluding carboxylic acids is 2. The molecule has 1 aromatic carbocycles. The van der Waals surface area contributed by atoms with Gasteiger partial charge in [0.15, 0.2) is 17.6 Å². The third kappa shape index (κ3) is 6.28. The highest BCUT2D eigenvalue weighted by atomic mass is 16.6. The van der Waals surface area contributed by atoms with Gasteiger partial charge in [-0.1, -0.05) is 19.8 Å². The SMILES string of the molecule is CCOc1cc(C(=O)O[C@@H](C)C(=O)N[C@H]2CCCC[C@@H]2C)cc(OCC)c1OCC. The molecule has 7 heteroatoms. The summed E-state index contributed by atoms with van der Waals surface area (Å²) in [4.78, 5) is 25.3. The van der Waals surface area contributed by atoms with Crippen molar-refractivity contribution in [2.24, 2.45) is 5.92 Å². The molecule has 0 aliphatic heterocycles. The van der Waals surface area contributed by atoms with Crippen LogP contribution in [-0.2, 0) is 9.53 Å². The largest absolute Gasteiger partial charge is 0.490 e. The number of carbonyl (C=O) groups is 2. The lowest BCUT2D eigenvalue weighted by molar-refractivity contribution is -0.130. The molecule has 0 spiro atoms. The minimum Gasteiger partial charge on any atom is -0.490 e. The Morgan fingerprint density at radius 1 is 1.00 bits per heavy atom. The summed E-state index contributed by atoms with van der Waals surface area (Å²) in [7, 11) is 0. The predicted molar refractivity (Wildman–Crippen MR) is 114 cm³/mol. The number of amides is 1. The molecule has 2 rings (SSSR count). The first-order valence-electron chi connectivity index (χ1n) is 11.0. The van der Waals surface area contributed by atoms with E-state index in [1.165, 1.54) is 6.42 Å². The molecule has 1 aliphatic rings. The standard InChI is InChI=1S/C23H35NO6/c1-6-27-19-13-17(14-20(28-7-2)21(19)29-8-3)23(26)30-16(5)22(25)24-18-12-10-9-11-15(18)4/h13-16,18H,6-12H2,1-5H3,(H,24,25)/t15-,16-,18-/m0/s1. The zero-order valence-electron chi connectivity index (χ0n) is 18.8. The molecule has 0 unspecified atom stereocenters. The monoisotopic (exact) mass is 421 g/mol. The smallest absolute Gasteiger partial charge is 0.339 e. The van der Waals surface area contributed by atoms with Crippen molar-refractivity contribution in [3.8, 4) is 17.2 Å². The number of nitrogens with one attached hydrogen (secondary N) is 1. The van der Waals surface area contributed by atoms with E-state index in [4.69, 9.17) is 18.9 Å². The summed E-state index contributed by atoms with van der Waals surface area (Å²) in [6.07, 6.45) is 3.47. The van der Waals surface area contributed by atoms with Gasteiger partial charge in [-0.3, -0.25) is 4.79 Å². The maximum atomic E-state index is 12.7. The number of hydrogen-bond acceptors (Lipinski definition) is 6. The highest BCUT2D eigenvalue weighted by Crippen LogP contribution is 2.39. The van der Waals surface area contributed by atoms with Crippen LogP contribution >= 0.6 is 0 Å². The van der Waals surface area contributed by atoms with Crippen molar-refractivity contribution >= 4 is 11.9 Å². The summed E-state index contributed by atoms with van der Waals surface area (Å²) >= 11 is 0. The highest BCUT2D eigenvalue weighted by Gasteiger charge is 2.27. The van der Waals surface area contributed by atoms with Crippen LogP contribution in [0.3, 0.4) is 0 Å². The summed E-state index contributed by atoms with van der Waals surface area (Å²) in [6, 6.07) is 3.26. The van der Waals surface area contributed by atoms with Gasteiger partial charge in [-0.2, -0.15) is 0 Å². The average molecular weight is 422 g/mol. The molecule has 1 aliphatic carbocycles. The van der Waals surface area contributed by atoms with Gasteiger partial charge >= 0.3 is 5.97 Å². The Balaban J connectivity index is 2.13. The zero-order valence-corrected chi connectivity index (χ0v) is 18.8. The third-order valence-corrected chi connectivity index (χ3v) is 5.24. The van der Waals surface area contributed by atoms with E-state index in [9.17, 15) is 9.59 Å². The van der Waals surface area contributed by atoms with Crippen LogP contribution in [0.1, 0.15) is 70.7 Å². The minimum absolute atomic E-state index is 0.131.